The summed E-state index contributed by atoms with van der Waals surface area (Å²) in [5.41, 5.74) is 7.12. The molecule has 2 amide bonds. The van der Waals surface area contributed by atoms with Crippen LogP contribution >= 0.6 is 0 Å². The van der Waals surface area contributed by atoms with Crippen LogP contribution in [-0.4, -0.2) is 37.6 Å². The van der Waals surface area contributed by atoms with E-state index in [9.17, 15) is 18.4 Å². The zero-order chi connectivity index (χ0) is 19.8. The standard InChI is InChI=1S/C20H19F2N3O3/c21-13-8-12-4-3-7-24(16(12)9-14(13)22)11-19(26)25-10-18(20(23)27)28-17-6-2-1-5-15(17)25/h1-2,5-6,8-9,18H,3-4,7,10-11H2,(H2,23,27)/t18-/m0/s1. The molecule has 0 fully saturated rings. The van der Waals surface area contributed by atoms with Gasteiger partial charge in [-0.3, -0.25) is 9.59 Å². The first-order valence-corrected chi connectivity index (χ1v) is 9.02. The second-order valence-electron chi connectivity index (χ2n) is 6.90. The van der Waals surface area contributed by atoms with Gasteiger partial charge < -0.3 is 20.3 Å². The zero-order valence-corrected chi connectivity index (χ0v) is 15.0. The third kappa shape index (κ3) is 3.26. The van der Waals surface area contributed by atoms with Gasteiger partial charge >= 0.3 is 0 Å². The van der Waals surface area contributed by atoms with E-state index in [1.807, 2.05) is 0 Å². The fourth-order valence-corrected chi connectivity index (χ4v) is 3.68. The Bertz CT molecular complexity index is 950. The van der Waals surface area contributed by atoms with Crippen molar-refractivity contribution in [2.45, 2.75) is 18.9 Å². The number of carbonyl (C=O) groups is 2. The normalized spacial score (nSPS) is 18.1. The number of nitrogens with zero attached hydrogens (tertiary/aromatic N) is 2. The van der Waals surface area contributed by atoms with E-state index in [0.717, 1.165) is 12.5 Å². The number of nitrogens with two attached hydrogens (primary N) is 1. The molecule has 2 aromatic rings. The molecule has 0 radical (unpaired) electrons. The number of hydrogen-bond acceptors (Lipinski definition) is 4. The second kappa shape index (κ2) is 7.10. The van der Waals surface area contributed by atoms with Crippen LogP contribution in [0.15, 0.2) is 36.4 Å². The highest BCUT2D eigenvalue weighted by Gasteiger charge is 2.33. The predicted molar refractivity (Wildman–Crippen MR) is 99.3 cm³/mol. The van der Waals surface area contributed by atoms with Crippen LogP contribution in [-0.2, 0) is 16.0 Å². The molecule has 4 rings (SSSR count). The molecular weight excluding hydrogens is 368 g/mol. The van der Waals surface area contributed by atoms with Gasteiger partial charge in [-0.25, -0.2) is 8.78 Å². The van der Waals surface area contributed by atoms with E-state index in [0.29, 0.717) is 35.7 Å². The van der Waals surface area contributed by atoms with Crippen molar-refractivity contribution >= 4 is 23.2 Å². The van der Waals surface area contributed by atoms with Crippen LogP contribution < -0.4 is 20.3 Å². The van der Waals surface area contributed by atoms with Gasteiger partial charge in [0, 0.05) is 18.3 Å². The number of ether oxygens (including phenoxy) is 1. The summed E-state index contributed by atoms with van der Waals surface area (Å²) < 4.78 is 32.9. The third-order valence-corrected chi connectivity index (χ3v) is 5.05. The average molecular weight is 387 g/mol. The first-order valence-electron chi connectivity index (χ1n) is 9.02. The van der Waals surface area contributed by atoms with Crippen LogP contribution in [0.3, 0.4) is 0 Å². The minimum atomic E-state index is -0.945. The SMILES string of the molecule is NC(=O)[C@@H]1CN(C(=O)CN2CCCc3cc(F)c(F)cc32)c2ccccc2O1. The molecule has 0 saturated carbocycles. The molecule has 0 aromatic heterocycles. The van der Waals surface area contributed by atoms with Gasteiger partial charge in [-0.2, -0.15) is 0 Å². The molecule has 2 heterocycles. The van der Waals surface area contributed by atoms with Gasteiger partial charge in [0.1, 0.15) is 5.75 Å². The highest BCUT2D eigenvalue weighted by molar-refractivity contribution is 5.99. The van der Waals surface area contributed by atoms with Gasteiger partial charge in [-0.15, -0.1) is 0 Å². The molecule has 146 valence electrons. The minimum Gasteiger partial charge on any atom is -0.477 e. The summed E-state index contributed by atoms with van der Waals surface area (Å²) in [6.45, 7) is 0.524. The molecule has 0 spiro atoms. The van der Waals surface area contributed by atoms with Crippen LogP contribution in [0.1, 0.15) is 12.0 Å². The molecule has 0 unspecified atom stereocenters. The lowest BCUT2D eigenvalue weighted by atomic mass is 10.0. The molecule has 2 aromatic carbocycles. The number of para-hydroxylation sites is 2. The van der Waals surface area contributed by atoms with E-state index in [2.05, 4.69) is 0 Å². The first-order chi connectivity index (χ1) is 13.4. The van der Waals surface area contributed by atoms with Crippen LogP contribution in [0.25, 0.3) is 0 Å². The van der Waals surface area contributed by atoms with E-state index < -0.39 is 23.6 Å². The van der Waals surface area contributed by atoms with Gasteiger partial charge in [0.2, 0.25) is 5.91 Å². The topological polar surface area (TPSA) is 75.9 Å². The maximum Gasteiger partial charge on any atom is 0.260 e. The highest BCUT2D eigenvalue weighted by atomic mass is 19.2. The summed E-state index contributed by atoms with van der Waals surface area (Å²) in [7, 11) is 0. The number of primary amides is 1. The Balaban J connectivity index is 1.61. The fraction of sp³-hybridized carbons (Fsp3) is 0.300. The predicted octanol–water partition coefficient (Wildman–Crippen LogP) is 2.00. The summed E-state index contributed by atoms with van der Waals surface area (Å²) >= 11 is 0. The van der Waals surface area contributed by atoms with Crippen molar-refractivity contribution in [1.82, 2.24) is 0 Å². The first kappa shape index (κ1) is 18.2. The van der Waals surface area contributed by atoms with Gasteiger partial charge in [0.15, 0.2) is 17.7 Å². The van der Waals surface area contributed by atoms with Crippen molar-refractivity contribution in [3.8, 4) is 5.75 Å². The lowest BCUT2D eigenvalue weighted by Gasteiger charge is -2.36. The second-order valence-corrected chi connectivity index (χ2v) is 6.90. The van der Waals surface area contributed by atoms with Crippen molar-refractivity contribution in [3.63, 3.8) is 0 Å². The summed E-state index contributed by atoms with van der Waals surface area (Å²) in [6, 6.07) is 9.22. The van der Waals surface area contributed by atoms with Gasteiger partial charge in [0.25, 0.3) is 5.91 Å². The number of anilines is 2. The van der Waals surface area contributed by atoms with E-state index in [-0.39, 0.29) is 19.0 Å². The molecule has 2 N–H and O–H groups in total. The number of amides is 2. The summed E-state index contributed by atoms with van der Waals surface area (Å²) in [6.07, 6.45) is 0.412. The molecule has 0 saturated heterocycles. The number of carbonyl (C=O) groups excluding carboxylic acids is 2. The monoisotopic (exact) mass is 387 g/mol. The lowest BCUT2D eigenvalue weighted by molar-refractivity contribution is -0.125. The Morgan fingerprint density at radius 1 is 1.14 bits per heavy atom. The van der Waals surface area contributed by atoms with E-state index in [4.69, 9.17) is 10.5 Å². The molecule has 0 bridgehead atoms. The maximum absolute atomic E-state index is 13.7. The Hall–Kier alpha value is -3.16. The lowest BCUT2D eigenvalue weighted by Crippen LogP contribution is -2.52. The Morgan fingerprint density at radius 3 is 2.68 bits per heavy atom. The smallest absolute Gasteiger partial charge is 0.260 e. The van der Waals surface area contributed by atoms with Crippen LogP contribution in [0.4, 0.5) is 20.2 Å². The van der Waals surface area contributed by atoms with E-state index in [1.165, 1.54) is 11.0 Å². The highest BCUT2D eigenvalue weighted by Crippen LogP contribution is 2.34. The van der Waals surface area contributed by atoms with Crippen LogP contribution in [0.5, 0.6) is 5.75 Å². The molecule has 6 nitrogen and oxygen atoms in total. The van der Waals surface area contributed by atoms with Gasteiger partial charge in [-0.1, -0.05) is 12.1 Å². The molecule has 2 aliphatic rings. The maximum atomic E-state index is 13.7. The Morgan fingerprint density at radius 2 is 1.89 bits per heavy atom. The van der Waals surface area contributed by atoms with Crippen LogP contribution in [0.2, 0.25) is 0 Å². The number of benzene rings is 2. The van der Waals surface area contributed by atoms with Crippen molar-refractivity contribution in [2.75, 3.05) is 29.4 Å². The van der Waals surface area contributed by atoms with E-state index >= 15 is 0 Å². The van der Waals surface area contributed by atoms with Crippen molar-refractivity contribution < 1.29 is 23.1 Å². The quantitative estimate of drug-likeness (QED) is 0.874. The number of rotatable bonds is 3. The number of hydrogen-bond donors (Lipinski definition) is 1. The van der Waals surface area contributed by atoms with Gasteiger partial charge in [-0.05, 0) is 36.6 Å². The largest absolute Gasteiger partial charge is 0.477 e. The average Bonchev–Trinajstić information content (AvgIpc) is 2.68. The molecule has 28 heavy (non-hydrogen) atoms. The molecule has 0 aliphatic carbocycles. The zero-order valence-electron chi connectivity index (χ0n) is 15.0. The van der Waals surface area contributed by atoms with Crippen molar-refractivity contribution in [2.24, 2.45) is 5.73 Å². The number of fused-ring (bicyclic) bond motifs is 2. The Kier molecular flexibility index (Phi) is 4.62. The minimum absolute atomic E-state index is 0.00363. The summed E-state index contributed by atoms with van der Waals surface area (Å²) in [4.78, 5) is 27.9. The molecular formula is C20H19F2N3O3. The number of halogens is 2. The Labute approximate surface area is 160 Å². The number of aryl methyl sites for hydroxylation is 1. The van der Waals surface area contributed by atoms with Gasteiger partial charge in [0.05, 0.1) is 18.8 Å². The molecule has 2 aliphatic heterocycles. The third-order valence-electron chi connectivity index (χ3n) is 5.05. The fourth-order valence-electron chi connectivity index (χ4n) is 3.68. The molecule has 1 atom stereocenters. The van der Waals surface area contributed by atoms with Crippen LogP contribution in [0, 0.1) is 11.6 Å². The van der Waals surface area contributed by atoms with Crippen molar-refractivity contribution in [1.29, 1.82) is 0 Å². The summed E-state index contributed by atoms with van der Waals surface area (Å²) in [5, 5.41) is 0. The molecule has 8 heteroatoms. The van der Waals surface area contributed by atoms with E-state index in [1.54, 1.807) is 29.2 Å². The summed E-state index contributed by atoms with van der Waals surface area (Å²) in [5.74, 6) is -2.37. The van der Waals surface area contributed by atoms with Crippen molar-refractivity contribution in [3.05, 3.63) is 53.6 Å².